The van der Waals surface area contributed by atoms with Gasteiger partial charge in [0.1, 0.15) is 16.9 Å². The summed E-state index contributed by atoms with van der Waals surface area (Å²) in [4.78, 5) is 21.2. The summed E-state index contributed by atoms with van der Waals surface area (Å²) in [6.07, 6.45) is 10.8. The number of amides is 2. The lowest BCUT2D eigenvalue weighted by molar-refractivity contribution is 0.250. The minimum absolute atomic E-state index is 0.0608. The van der Waals surface area contributed by atoms with Crippen LogP contribution in [0.1, 0.15) is 39.5 Å². The first-order valence-electron chi connectivity index (χ1n) is 14.1. The molecule has 0 bridgehead atoms. The van der Waals surface area contributed by atoms with Crippen molar-refractivity contribution in [2.45, 2.75) is 57.7 Å². The van der Waals surface area contributed by atoms with Crippen LogP contribution < -0.4 is 20.7 Å². The number of carbonyl (C=O) groups excluding carboxylic acids is 1. The Morgan fingerprint density at radius 3 is 2.80 bits per heavy atom. The predicted octanol–water partition coefficient (Wildman–Crippen LogP) is 5.32. The molecule has 10 nitrogen and oxygen atoms in total. The Hall–Kier alpha value is -4.05. The van der Waals surface area contributed by atoms with E-state index in [-0.39, 0.29) is 18.1 Å². The number of carbonyl (C=O) groups is 1. The Morgan fingerprint density at radius 1 is 1.25 bits per heavy atom. The fourth-order valence-electron chi connectivity index (χ4n) is 4.95. The van der Waals surface area contributed by atoms with Crippen molar-refractivity contribution >= 4 is 28.6 Å². The van der Waals surface area contributed by atoms with Gasteiger partial charge < -0.3 is 25.6 Å². The number of hydrogen-bond donors (Lipinski definition) is 4. The number of pyridine rings is 1. The standard InChI is InChI=1S/C30H40N8O2/c1-20(2)32-30(39)34-22-9-13-25(14-10-22)40-26-15-16-31-28-27(26)29(36-35-28)33-23-8-6-18-38(19-23)21(3)7-5-17-37(4)24-11-12-24/h5,7,9-10,13-16,20,23-24H,3,6,8,11-12,17-19H2,1-2,4H3,(H2,32,34,39)(H2,31,33,35,36)/b7-5+/t23-/m1/s1. The molecule has 4 N–H and O–H groups in total. The lowest BCUT2D eigenvalue weighted by Gasteiger charge is -2.35. The number of nitrogens with one attached hydrogen (secondary N) is 4. The van der Waals surface area contributed by atoms with E-state index in [2.05, 4.69) is 66.7 Å². The first-order valence-corrected chi connectivity index (χ1v) is 14.1. The molecule has 2 amide bonds. The lowest BCUT2D eigenvalue weighted by atomic mass is 10.0. The van der Waals surface area contributed by atoms with Crippen LogP contribution in [0.5, 0.6) is 11.5 Å². The number of allylic oxidation sites excluding steroid dienone is 1. The summed E-state index contributed by atoms with van der Waals surface area (Å²) in [5.41, 5.74) is 2.39. The van der Waals surface area contributed by atoms with Gasteiger partial charge in [0, 0.05) is 61.4 Å². The fourth-order valence-corrected chi connectivity index (χ4v) is 4.95. The summed E-state index contributed by atoms with van der Waals surface area (Å²) < 4.78 is 6.24. The van der Waals surface area contributed by atoms with Gasteiger partial charge in [-0.25, -0.2) is 9.78 Å². The maximum Gasteiger partial charge on any atom is 0.319 e. The molecule has 2 aromatic heterocycles. The molecule has 0 unspecified atom stereocenters. The van der Waals surface area contributed by atoms with Crippen LogP contribution in [-0.4, -0.2) is 75.8 Å². The molecule has 1 aromatic carbocycles. The normalized spacial score (nSPS) is 17.5. The molecule has 2 aliphatic rings. The molecule has 3 heterocycles. The SMILES string of the molecule is C=C(/C=C/CN(C)C1CC1)N1CCC[C@@H](Nc2n[nH]c3nccc(Oc4ccc(NC(=O)NC(C)C)cc4)c23)C1. The zero-order chi connectivity index (χ0) is 28.1. The Balaban J connectivity index is 1.22. The third-order valence-corrected chi connectivity index (χ3v) is 7.23. The predicted molar refractivity (Wildman–Crippen MR) is 160 cm³/mol. The van der Waals surface area contributed by atoms with Crippen LogP contribution in [0.25, 0.3) is 11.0 Å². The van der Waals surface area contributed by atoms with Crippen LogP contribution >= 0.6 is 0 Å². The number of piperidine rings is 1. The van der Waals surface area contributed by atoms with Crippen molar-refractivity contribution in [2.24, 2.45) is 0 Å². The van der Waals surface area contributed by atoms with E-state index >= 15 is 0 Å². The number of likely N-dealkylation sites (N-methyl/N-ethyl adjacent to an activating group) is 1. The monoisotopic (exact) mass is 544 g/mol. The molecule has 2 fully saturated rings. The summed E-state index contributed by atoms with van der Waals surface area (Å²) in [6, 6.07) is 9.90. The van der Waals surface area contributed by atoms with E-state index in [4.69, 9.17) is 4.74 Å². The third kappa shape index (κ3) is 7.12. The first-order chi connectivity index (χ1) is 19.4. The van der Waals surface area contributed by atoms with Crippen molar-refractivity contribution in [3.63, 3.8) is 0 Å². The van der Waals surface area contributed by atoms with Crippen molar-refractivity contribution in [3.8, 4) is 11.5 Å². The minimum atomic E-state index is -0.240. The minimum Gasteiger partial charge on any atom is -0.456 e. The number of anilines is 2. The molecular weight excluding hydrogens is 504 g/mol. The van der Waals surface area contributed by atoms with Gasteiger partial charge in [-0.1, -0.05) is 12.7 Å². The van der Waals surface area contributed by atoms with Crippen molar-refractivity contribution in [1.29, 1.82) is 0 Å². The number of rotatable bonds is 11. The fraction of sp³-hybridized carbons (Fsp3) is 0.433. The highest BCUT2D eigenvalue weighted by Gasteiger charge is 2.25. The van der Waals surface area contributed by atoms with Crippen molar-refractivity contribution in [3.05, 3.63) is 61.0 Å². The molecule has 1 aliphatic heterocycles. The van der Waals surface area contributed by atoms with Gasteiger partial charge in [-0.2, -0.15) is 5.10 Å². The van der Waals surface area contributed by atoms with Crippen LogP contribution in [0.3, 0.4) is 0 Å². The summed E-state index contributed by atoms with van der Waals surface area (Å²) in [5, 5.41) is 17.6. The quantitative estimate of drug-likeness (QED) is 0.242. The van der Waals surface area contributed by atoms with E-state index in [9.17, 15) is 4.79 Å². The largest absolute Gasteiger partial charge is 0.456 e. The number of ether oxygens (including phenoxy) is 1. The van der Waals surface area contributed by atoms with Crippen LogP contribution in [0, 0.1) is 0 Å². The number of aromatic amines is 1. The highest BCUT2D eigenvalue weighted by molar-refractivity contribution is 5.93. The van der Waals surface area contributed by atoms with E-state index in [1.165, 1.54) is 12.8 Å². The van der Waals surface area contributed by atoms with Gasteiger partial charge in [-0.05, 0) is 76.9 Å². The maximum atomic E-state index is 12.0. The van der Waals surface area contributed by atoms with Gasteiger partial charge in [-0.3, -0.25) is 10.00 Å². The lowest BCUT2D eigenvalue weighted by Crippen LogP contribution is -2.41. The third-order valence-electron chi connectivity index (χ3n) is 7.23. The van der Waals surface area contributed by atoms with E-state index in [0.29, 0.717) is 22.8 Å². The summed E-state index contributed by atoms with van der Waals surface area (Å²) in [5.74, 6) is 2.02. The smallest absolute Gasteiger partial charge is 0.319 e. The van der Waals surface area contributed by atoms with Gasteiger partial charge in [0.2, 0.25) is 0 Å². The van der Waals surface area contributed by atoms with E-state index in [1.54, 1.807) is 6.20 Å². The van der Waals surface area contributed by atoms with Gasteiger partial charge in [-0.15, -0.1) is 0 Å². The number of urea groups is 1. The average molecular weight is 545 g/mol. The number of H-pyrrole nitrogens is 1. The van der Waals surface area contributed by atoms with Crippen LogP contribution in [-0.2, 0) is 0 Å². The maximum absolute atomic E-state index is 12.0. The summed E-state index contributed by atoms with van der Waals surface area (Å²) in [7, 11) is 2.19. The molecule has 40 heavy (non-hydrogen) atoms. The number of likely N-dealkylation sites (tertiary alicyclic amines) is 1. The Labute approximate surface area is 235 Å². The molecule has 1 saturated heterocycles. The first kappa shape index (κ1) is 27.5. The molecule has 10 heteroatoms. The van der Waals surface area contributed by atoms with Gasteiger partial charge in [0.05, 0.1) is 0 Å². The van der Waals surface area contributed by atoms with Crippen LogP contribution in [0.4, 0.5) is 16.3 Å². The van der Waals surface area contributed by atoms with Crippen molar-refractivity contribution < 1.29 is 9.53 Å². The zero-order valence-electron chi connectivity index (χ0n) is 23.6. The molecule has 0 radical (unpaired) electrons. The zero-order valence-corrected chi connectivity index (χ0v) is 23.6. The summed E-state index contributed by atoms with van der Waals surface area (Å²) >= 11 is 0. The molecule has 0 spiro atoms. The second-order valence-electron chi connectivity index (χ2n) is 11.0. The average Bonchev–Trinajstić information content (AvgIpc) is 3.71. The highest BCUT2D eigenvalue weighted by atomic mass is 16.5. The Morgan fingerprint density at radius 2 is 2.05 bits per heavy atom. The topological polar surface area (TPSA) is 110 Å². The number of benzene rings is 1. The molecule has 212 valence electrons. The van der Waals surface area contributed by atoms with Gasteiger partial charge in [0.25, 0.3) is 0 Å². The van der Waals surface area contributed by atoms with Crippen molar-refractivity contribution in [1.82, 2.24) is 30.3 Å². The van der Waals surface area contributed by atoms with Gasteiger partial charge >= 0.3 is 6.03 Å². The number of nitrogens with zero attached hydrogens (tertiary/aromatic N) is 4. The second kappa shape index (κ2) is 12.4. The molecular formula is C30H40N8O2. The highest BCUT2D eigenvalue weighted by Crippen LogP contribution is 2.34. The van der Waals surface area contributed by atoms with Crippen LogP contribution in [0.15, 0.2) is 61.0 Å². The summed E-state index contributed by atoms with van der Waals surface area (Å²) in [6.45, 7) is 11.0. The molecule has 1 atom stereocenters. The number of hydrogen-bond acceptors (Lipinski definition) is 7. The van der Waals surface area contributed by atoms with Crippen molar-refractivity contribution in [2.75, 3.05) is 37.3 Å². The number of aromatic nitrogens is 3. The van der Waals surface area contributed by atoms with Gasteiger partial charge in [0.15, 0.2) is 11.5 Å². The molecule has 3 aromatic rings. The number of fused-ring (bicyclic) bond motifs is 1. The Kier molecular flexibility index (Phi) is 8.54. The second-order valence-corrected chi connectivity index (χ2v) is 11.0. The van der Waals surface area contributed by atoms with Crippen LogP contribution in [0.2, 0.25) is 0 Å². The van der Waals surface area contributed by atoms with E-state index < -0.39 is 0 Å². The Bertz CT molecular complexity index is 1350. The molecule has 1 saturated carbocycles. The van der Waals surface area contributed by atoms with E-state index in [1.807, 2.05) is 44.2 Å². The molecule has 1 aliphatic carbocycles. The van der Waals surface area contributed by atoms with E-state index in [0.717, 1.165) is 55.4 Å². The molecule has 5 rings (SSSR count).